The van der Waals surface area contributed by atoms with Gasteiger partial charge in [-0.3, -0.25) is 9.59 Å². The van der Waals surface area contributed by atoms with Crippen molar-refractivity contribution < 1.29 is 19.4 Å². The van der Waals surface area contributed by atoms with Gasteiger partial charge in [0, 0.05) is 31.4 Å². The minimum atomic E-state index is -0.624. The number of nitrogens with zero attached hydrogens (tertiary/aromatic N) is 2. The molecule has 0 aromatic heterocycles. The second-order valence-electron chi connectivity index (χ2n) is 8.95. The van der Waals surface area contributed by atoms with E-state index in [-0.39, 0.29) is 17.4 Å². The number of likely N-dealkylation sites (tertiary alicyclic amines) is 1. The maximum Gasteiger partial charge on any atom is 0.295 e. The molecule has 0 spiro atoms. The second kappa shape index (κ2) is 9.69. The number of rotatable bonds is 6. The highest BCUT2D eigenvalue weighted by Gasteiger charge is 2.48. The zero-order chi connectivity index (χ0) is 23.5. The fourth-order valence-corrected chi connectivity index (χ4v) is 4.92. The number of ketones is 1. The number of aliphatic hydroxyl groups is 1. The zero-order valence-electron chi connectivity index (χ0n) is 19.6. The standard InChI is InChI=1S/C27H32N2O4/c1-4-33-22-12-8-9-19(17-22)25(30)23-24(18-13-15-20(16-14-18)28(2)3)29(27(32)26(23)31)21-10-6-5-7-11-21/h8-9,12-17,21,24,30H,4-7,10-11H2,1-3H3/b25-23-. The van der Waals surface area contributed by atoms with Crippen LogP contribution < -0.4 is 9.64 Å². The fourth-order valence-electron chi connectivity index (χ4n) is 4.92. The zero-order valence-corrected chi connectivity index (χ0v) is 19.6. The molecule has 174 valence electrons. The quantitative estimate of drug-likeness (QED) is 0.386. The van der Waals surface area contributed by atoms with Crippen LogP contribution in [0.15, 0.2) is 54.1 Å². The van der Waals surface area contributed by atoms with Gasteiger partial charge in [-0.25, -0.2) is 0 Å². The first-order valence-corrected chi connectivity index (χ1v) is 11.7. The number of Topliss-reactive ketones (excluding diaryl/α,β-unsaturated/α-hetero) is 1. The van der Waals surface area contributed by atoms with Crippen molar-refractivity contribution in [3.8, 4) is 5.75 Å². The molecule has 1 heterocycles. The van der Waals surface area contributed by atoms with Gasteiger partial charge in [0.25, 0.3) is 11.7 Å². The second-order valence-corrected chi connectivity index (χ2v) is 8.95. The smallest absolute Gasteiger partial charge is 0.295 e. The molecular formula is C27H32N2O4. The third-order valence-electron chi connectivity index (χ3n) is 6.59. The molecule has 1 unspecified atom stereocenters. The van der Waals surface area contributed by atoms with E-state index in [4.69, 9.17) is 4.74 Å². The lowest BCUT2D eigenvalue weighted by atomic mass is 9.91. The Morgan fingerprint density at radius 2 is 1.76 bits per heavy atom. The maximum absolute atomic E-state index is 13.3. The molecular weight excluding hydrogens is 416 g/mol. The van der Waals surface area contributed by atoms with E-state index in [1.165, 1.54) is 0 Å². The Labute approximate surface area is 195 Å². The molecule has 2 aromatic carbocycles. The van der Waals surface area contributed by atoms with E-state index in [2.05, 4.69) is 0 Å². The first kappa shape index (κ1) is 22.9. The highest BCUT2D eigenvalue weighted by atomic mass is 16.5. The van der Waals surface area contributed by atoms with Gasteiger partial charge in [-0.05, 0) is 49.6 Å². The highest BCUT2D eigenvalue weighted by molar-refractivity contribution is 6.46. The van der Waals surface area contributed by atoms with E-state index in [1.807, 2.05) is 50.2 Å². The fraction of sp³-hybridized carbons (Fsp3) is 0.407. The summed E-state index contributed by atoms with van der Waals surface area (Å²) in [6.07, 6.45) is 4.97. The van der Waals surface area contributed by atoms with Crippen LogP contribution in [0.1, 0.15) is 56.2 Å². The molecule has 1 atom stereocenters. The van der Waals surface area contributed by atoms with Crippen LogP contribution in [0.2, 0.25) is 0 Å². The summed E-state index contributed by atoms with van der Waals surface area (Å²) in [5, 5.41) is 11.3. The molecule has 0 radical (unpaired) electrons. The predicted molar refractivity (Wildman–Crippen MR) is 129 cm³/mol. The number of hydrogen-bond acceptors (Lipinski definition) is 5. The van der Waals surface area contributed by atoms with Crippen molar-refractivity contribution >= 4 is 23.1 Å². The van der Waals surface area contributed by atoms with E-state index in [9.17, 15) is 14.7 Å². The summed E-state index contributed by atoms with van der Waals surface area (Å²) in [4.78, 5) is 30.3. The maximum atomic E-state index is 13.3. The number of amides is 1. The van der Waals surface area contributed by atoms with Crippen molar-refractivity contribution in [1.29, 1.82) is 0 Å². The summed E-state index contributed by atoms with van der Waals surface area (Å²) in [6.45, 7) is 2.38. The molecule has 1 saturated heterocycles. The third-order valence-corrected chi connectivity index (χ3v) is 6.59. The van der Waals surface area contributed by atoms with E-state index >= 15 is 0 Å². The number of benzene rings is 2. The van der Waals surface area contributed by atoms with E-state index in [0.717, 1.165) is 43.4 Å². The lowest BCUT2D eigenvalue weighted by molar-refractivity contribution is -0.141. The molecule has 0 bridgehead atoms. The van der Waals surface area contributed by atoms with Crippen LogP contribution in [0, 0.1) is 0 Å². The average molecular weight is 449 g/mol. The molecule has 4 rings (SSSR count). The Bertz CT molecular complexity index is 1050. The molecule has 33 heavy (non-hydrogen) atoms. The van der Waals surface area contributed by atoms with Crippen LogP contribution in [-0.4, -0.2) is 48.4 Å². The highest BCUT2D eigenvalue weighted by Crippen LogP contribution is 2.43. The summed E-state index contributed by atoms with van der Waals surface area (Å²) in [5.41, 5.74) is 2.47. The molecule has 6 nitrogen and oxygen atoms in total. The van der Waals surface area contributed by atoms with Crippen LogP contribution in [0.5, 0.6) is 5.75 Å². The van der Waals surface area contributed by atoms with Gasteiger partial charge >= 0.3 is 0 Å². The Kier molecular flexibility index (Phi) is 6.72. The Morgan fingerprint density at radius 3 is 2.39 bits per heavy atom. The molecule has 2 fully saturated rings. The van der Waals surface area contributed by atoms with E-state index in [1.54, 1.807) is 29.2 Å². The average Bonchev–Trinajstić information content (AvgIpc) is 3.10. The third kappa shape index (κ3) is 4.47. The number of carbonyl (C=O) groups excluding carboxylic acids is 2. The summed E-state index contributed by atoms with van der Waals surface area (Å²) in [6, 6.07) is 14.3. The Morgan fingerprint density at radius 1 is 1.06 bits per heavy atom. The predicted octanol–water partition coefficient (Wildman–Crippen LogP) is 4.91. The van der Waals surface area contributed by atoms with Crippen LogP contribution >= 0.6 is 0 Å². The normalized spacial score (nSPS) is 20.8. The summed E-state index contributed by atoms with van der Waals surface area (Å²) in [5.74, 6) is -0.697. The van der Waals surface area contributed by atoms with Crippen molar-refractivity contribution in [2.45, 2.75) is 51.1 Å². The van der Waals surface area contributed by atoms with Gasteiger partial charge in [0.05, 0.1) is 18.2 Å². The lowest BCUT2D eigenvalue weighted by Crippen LogP contribution is -2.40. The summed E-state index contributed by atoms with van der Waals surface area (Å²) >= 11 is 0. The number of carbonyl (C=O) groups is 2. The van der Waals surface area contributed by atoms with Gasteiger partial charge in [-0.2, -0.15) is 0 Å². The number of ether oxygens (including phenoxy) is 1. The van der Waals surface area contributed by atoms with Gasteiger partial charge in [-0.1, -0.05) is 43.5 Å². The van der Waals surface area contributed by atoms with Crippen molar-refractivity contribution in [1.82, 2.24) is 4.90 Å². The molecule has 1 amide bonds. The minimum Gasteiger partial charge on any atom is -0.507 e. The first-order valence-electron chi connectivity index (χ1n) is 11.7. The molecule has 2 aromatic rings. The monoisotopic (exact) mass is 448 g/mol. The van der Waals surface area contributed by atoms with E-state index in [0.29, 0.717) is 17.9 Å². The Hall–Kier alpha value is -3.28. The van der Waals surface area contributed by atoms with Gasteiger partial charge < -0.3 is 19.6 Å². The number of anilines is 1. The summed E-state index contributed by atoms with van der Waals surface area (Å²) in [7, 11) is 3.93. The van der Waals surface area contributed by atoms with Crippen molar-refractivity contribution in [2.24, 2.45) is 0 Å². The number of hydrogen-bond donors (Lipinski definition) is 1. The van der Waals surface area contributed by atoms with Crippen LogP contribution in [0.3, 0.4) is 0 Å². The molecule has 1 saturated carbocycles. The molecule has 1 N–H and O–H groups in total. The van der Waals surface area contributed by atoms with Gasteiger partial charge in [0.15, 0.2) is 0 Å². The van der Waals surface area contributed by atoms with E-state index < -0.39 is 17.7 Å². The van der Waals surface area contributed by atoms with Crippen LogP contribution in [0.4, 0.5) is 5.69 Å². The largest absolute Gasteiger partial charge is 0.507 e. The van der Waals surface area contributed by atoms with Crippen molar-refractivity contribution in [2.75, 3.05) is 25.6 Å². The molecule has 1 aliphatic heterocycles. The summed E-state index contributed by atoms with van der Waals surface area (Å²) < 4.78 is 5.57. The van der Waals surface area contributed by atoms with Crippen molar-refractivity contribution in [3.05, 3.63) is 65.2 Å². The van der Waals surface area contributed by atoms with Gasteiger partial charge in [-0.15, -0.1) is 0 Å². The van der Waals surface area contributed by atoms with Gasteiger partial charge in [0.1, 0.15) is 11.5 Å². The molecule has 6 heteroatoms. The minimum absolute atomic E-state index is 0.00576. The van der Waals surface area contributed by atoms with Crippen LogP contribution in [0.25, 0.3) is 5.76 Å². The molecule has 1 aliphatic carbocycles. The van der Waals surface area contributed by atoms with Gasteiger partial charge in [0.2, 0.25) is 0 Å². The SMILES string of the molecule is CCOc1cccc(/C(O)=C2/C(=O)C(=O)N(C3CCCCC3)C2c2ccc(N(C)C)cc2)c1. The van der Waals surface area contributed by atoms with Crippen LogP contribution in [-0.2, 0) is 9.59 Å². The lowest BCUT2D eigenvalue weighted by Gasteiger charge is -2.35. The first-order chi connectivity index (χ1) is 15.9. The molecule has 2 aliphatic rings. The topological polar surface area (TPSA) is 70.1 Å². The number of aliphatic hydroxyl groups excluding tert-OH is 1. The van der Waals surface area contributed by atoms with Crippen molar-refractivity contribution in [3.63, 3.8) is 0 Å². The Balaban J connectivity index is 1.84.